The Morgan fingerprint density at radius 2 is 1.96 bits per heavy atom. The molecule has 0 saturated heterocycles. The van der Waals surface area contributed by atoms with Crippen LogP contribution in [0.3, 0.4) is 0 Å². The second-order valence-electron chi connectivity index (χ2n) is 5.28. The van der Waals surface area contributed by atoms with Crippen molar-refractivity contribution in [1.29, 1.82) is 0 Å². The number of nitrogens with one attached hydrogen (secondary N) is 1. The van der Waals surface area contributed by atoms with Crippen molar-refractivity contribution in [1.82, 2.24) is 9.97 Å². The number of ether oxygens (including phenoxy) is 2. The molecule has 2 aromatic heterocycles. The minimum Gasteiger partial charge on any atom is -0.480 e. The molecule has 0 aliphatic heterocycles. The van der Waals surface area contributed by atoms with Gasteiger partial charge in [-0.2, -0.15) is 4.98 Å². The topological polar surface area (TPSA) is 73.3 Å². The highest BCUT2D eigenvalue weighted by atomic mass is 32.1. The van der Waals surface area contributed by atoms with Gasteiger partial charge in [-0.3, -0.25) is 4.79 Å². The van der Waals surface area contributed by atoms with E-state index in [1.807, 2.05) is 6.92 Å². The van der Waals surface area contributed by atoms with Gasteiger partial charge in [0.15, 0.2) is 5.82 Å². The van der Waals surface area contributed by atoms with Crippen molar-refractivity contribution in [3.8, 4) is 5.88 Å². The zero-order chi connectivity index (χ0) is 18.0. The Kier molecular flexibility index (Phi) is 4.91. The number of halogens is 1. The zero-order valence-electron chi connectivity index (χ0n) is 13.9. The molecular formula is C17H16FN3O3S. The van der Waals surface area contributed by atoms with Gasteiger partial charge in [0, 0.05) is 12.8 Å². The smallest absolute Gasteiger partial charge is 0.266 e. The van der Waals surface area contributed by atoms with Crippen LogP contribution in [0, 0.1) is 12.7 Å². The first-order valence-corrected chi connectivity index (χ1v) is 8.25. The van der Waals surface area contributed by atoms with E-state index < -0.39 is 0 Å². The van der Waals surface area contributed by atoms with Crippen molar-refractivity contribution in [2.24, 2.45) is 0 Å². The minimum atomic E-state index is -0.360. The lowest BCUT2D eigenvalue weighted by Crippen LogP contribution is -2.11. The van der Waals surface area contributed by atoms with Crippen molar-refractivity contribution in [3.05, 3.63) is 46.3 Å². The number of benzene rings is 1. The van der Waals surface area contributed by atoms with E-state index in [1.54, 1.807) is 7.11 Å². The molecule has 0 fully saturated rings. The van der Waals surface area contributed by atoms with Crippen LogP contribution in [0.4, 0.5) is 10.1 Å². The second-order valence-corrected chi connectivity index (χ2v) is 6.28. The fraction of sp³-hybridized carbons (Fsp3) is 0.235. The van der Waals surface area contributed by atoms with Gasteiger partial charge in [-0.05, 0) is 36.8 Å². The van der Waals surface area contributed by atoms with Gasteiger partial charge in [0.2, 0.25) is 5.88 Å². The third-order valence-electron chi connectivity index (χ3n) is 3.58. The molecule has 1 aromatic carbocycles. The monoisotopic (exact) mass is 361 g/mol. The van der Waals surface area contributed by atoms with E-state index in [4.69, 9.17) is 9.47 Å². The van der Waals surface area contributed by atoms with Gasteiger partial charge in [-0.25, -0.2) is 9.37 Å². The number of fused-ring (bicyclic) bond motifs is 1. The summed E-state index contributed by atoms with van der Waals surface area (Å²) in [5.74, 6) is 0.245. The fourth-order valence-electron chi connectivity index (χ4n) is 2.42. The van der Waals surface area contributed by atoms with E-state index in [-0.39, 0.29) is 18.3 Å². The third kappa shape index (κ3) is 3.45. The molecule has 0 radical (unpaired) electrons. The average molecular weight is 361 g/mol. The maximum atomic E-state index is 13.0. The number of nitrogens with zero attached hydrogens (tertiary/aromatic N) is 2. The van der Waals surface area contributed by atoms with Crippen LogP contribution >= 0.6 is 11.3 Å². The molecule has 0 bridgehead atoms. The maximum absolute atomic E-state index is 13.0. The average Bonchev–Trinajstić information content (AvgIpc) is 2.93. The standard InChI is InChI=1S/C17H16FN3O3S/c1-9-13-16(24-3)20-12(8-23-2)21-17(13)25-14(9)15(22)19-11-6-4-10(18)5-7-11/h4-7H,8H2,1-3H3,(H,19,22). The Morgan fingerprint density at radius 3 is 2.60 bits per heavy atom. The van der Waals surface area contributed by atoms with Crippen molar-refractivity contribution in [3.63, 3.8) is 0 Å². The number of rotatable bonds is 5. The van der Waals surface area contributed by atoms with Gasteiger partial charge < -0.3 is 14.8 Å². The largest absolute Gasteiger partial charge is 0.480 e. The maximum Gasteiger partial charge on any atom is 0.266 e. The van der Waals surface area contributed by atoms with E-state index >= 15 is 0 Å². The normalized spacial score (nSPS) is 10.9. The molecule has 3 rings (SSSR count). The van der Waals surface area contributed by atoms with Crippen molar-refractivity contribution < 1.29 is 18.7 Å². The summed E-state index contributed by atoms with van der Waals surface area (Å²) in [6.45, 7) is 2.07. The van der Waals surface area contributed by atoms with Crippen LogP contribution in [-0.2, 0) is 11.3 Å². The van der Waals surface area contributed by atoms with Crippen LogP contribution in [0.1, 0.15) is 21.1 Å². The number of thiophene rings is 1. The van der Waals surface area contributed by atoms with Crippen LogP contribution in [-0.4, -0.2) is 30.1 Å². The van der Waals surface area contributed by atoms with Crippen molar-refractivity contribution in [2.45, 2.75) is 13.5 Å². The molecule has 0 atom stereocenters. The minimum absolute atomic E-state index is 0.250. The molecule has 2 heterocycles. The molecule has 25 heavy (non-hydrogen) atoms. The molecule has 0 aliphatic rings. The number of carbonyl (C=O) groups is 1. The molecule has 6 nitrogen and oxygen atoms in total. The Hall–Kier alpha value is -2.58. The zero-order valence-corrected chi connectivity index (χ0v) is 14.7. The van der Waals surface area contributed by atoms with Gasteiger partial charge in [-0.1, -0.05) is 0 Å². The van der Waals surface area contributed by atoms with Gasteiger partial charge in [0.1, 0.15) is 17.3 Å². The van der Waals surface area contributed by atoms with E-state index in [0.29, 0.717) is 32.5 Å². The first-order chi connectivity index (χ1) is 12.0. The summed E-state index contributed by atoms with van der Waals surface area (Å²) in [6.07, 6.45) is 0. The number of aromatic nitrogens is 2. The quantitative estimate of drug-likeness (QED) is 0.752. The predicted octanol–water partition coefficient (Wildman–Crippen LogP) is 3.55. The molecule has 8 heteroatoms. The van der Waals surface area contributed by atoms with E-state index in [2.05, 4.69) is 15.3 Å². The lowest BCUT2D eigenvalue weighted by atomic mass is 10.2. The first-order valence-electron chi connectivity index (χ1n) is 7.43. The predicted molar refractivity (Wildman–Crippen MR) is 93.8 cm³/mol. The molecule has 1 N–H and O–H groups in total. The van der Waals surface area contributed by atoms with Crippen LogP contribution in [0.2, 0.25) is 0 Å². The number of carbonyl (C=O) groups excluding carboxylic acids is 1. The summed E-state index contributed by atoms with van der Waals surface area (Å²) in [4.78, 5) is 22.5. The number of aryl methyl sites for hydroxylation is 1. The highest BCUT2D eigenvalue weighted by molar-refractivity contribution is 7.20. The molecule has 130 valence electrons. The van der Waals surface area contributed by atoms with Crippen LogP contribution in [0.25, 0.3) is 10.2 Å². The van der Waals surface area contributed by atoms with E-state index in [9.17, 15) is 9.18 Å². The lowest BCUT2D eigenvalue weighted by molar-refractivity contribution is 0.103. The van der Waals surface area contributed by atoms with E-state index in [1.165, 1.54) is 42.7 Å². The summed E-state index contributed by atoms with van der Waals surface area (Å²) in [5, 5.41) is 3.46. The van der Waals surface area contributed by atoms with Crippen molar-refractivity contribution in [2.75, 3.05) is 19.5 Å². The SMILES string of the molecule is COCc1nc(OC)c2c(C)c(C(=O)Nc3ccc(F)cc3)sc2n1. The molecule has 0 aliphatic carbocycles. The summed E-state index contributed by atoms with van der Waals surface area (Å²) >= 11 is 1.25. The highest BCUT2D eigenvalue weighted by Gasteiger charge is 2.21. The van der Waals surface area contributed by atoms with E-state index in [0.717, 1.165) is 5.56 Å². The highest BCUT2D eigenvalue weighted by Crippen LogP contribution is 2.35. The summed E-state index contributed by atoms with van der Waals surface area (Å²) in [6, 6.07) is 5.60. The molecule has 1 amide bonds. The Bertz CT molecular complexity index is 925. The Balaban J connectivity index is 1.99. The Labute approximate surface area is 147 Å². The molecular weight excluding hydrogens is 345 g/mol. The Morgan fingerprint density at radius 1 is 1.24 bits per heavy atom. The number of methoxy groups -OCH3 is 2. The molecule has 3 aromatic rings. The van der Waals surface area contributed by atoms with Gasteiger partial charge in [0.25, 0.3) is 5.91 Å². The summed E-state index contributed by atoms with van der Waals surface area (Å²) in [7, 11) is 3.08. The van der Waals surface area contributed by atoms with Gasteiger partial charge in [-0.15, -0.1) is 11.3 Å². The first kappa shape index (κ1) is 17.2. The summed E-state index contributed by atoms with van der Waals surface area (Å²) in [5.41, 5.74) is 1.25. The molecule has 0 saturated carbocycles. The molecule has 0 unspecified atom stereocenters. The van der Waals surface area contributed by atoms with Gasteiger partial charge in [0.05, 0.1) is 17.4 Å². The van der Waals surface area contributed by atoms with Gasteiger partial charge >= 0.3 is 0 Å². The van der Waals surface area contributed by atoms with Crippen LogP contribution in [0.5, 0.6) is 5.88 Å². The third-order valence-corrected chi connectivity index (χ3v) is 4.76. The molecule has 0 spiro atoms. The summed E-state index contributed by atoms with van der Waals surface area (Å²) < 4.78 is 23.4. The fourth-order valence-corrected chi connectivity index (χ4v) is 3.51. The number of amides is 1. The van der Waals surface area contributed by atoms with Crippen LogP contribution in [0.15, 0.2) is 24.3 Å². The second kappa shape index (κ2) is 7.12. The number of anilines is 1. The van der Waals surface area contributed by atoms with Crippen LogP contribution < -0.4 is 10.1 Å². The lowest BCUT2D eigenvalue weighted by Gasteiger charge is -2.05. The number of hydrogen-bond donors (Lipinski definition) is 1. The number of hydrogen-bond acceptors (Lipinski definition) is 6. The van der Waals surface area contributed by atoms with Crippen molar-refractivity contribution >= 4 is 33.1 Å².